The average Bonchev–Trinajstić information content (AvgIpc) is 2.44. The van der Waals surface area contributed by atoms with Crippen LogP contribution in [0.4, 0.5) is 0 Å². The van der Waals surface area contributed by atoms with Gasteiger partial charge in [0.25, 0.3) is 0 Å². The third kappa shape index (κ3) is 5.25. The van der Waals surface area contributed by atoms with Crippen LogP contribution in [0.2, 0.25) is 0 Å². The highest BCUT2D eigenvalue weighted by Crippen LogP contribution is 2.32. The first-order chi connectivity index (χ1) is 9.54. The van der Waals surface area contributed by atoms with Crippen molar-refractivity contribution >= 4 is 9.84 Å². The van der Waals surface area contributed by atoms with Gasteiger partial charge in [0.1, 0.15) is 9.84 Å². The van der Waals surface area contributed by atoms with Crippen molar-refractivity contribution < 1.29 is 8.42 Å². The van der Waals surface area contributed by atoms with Gasteiger partial charge in [0.2, 0.25) is 0 Å². The molecule has 1 saturated carbocycles. The Kier molecular flexibility index (Phi) is 5.61. The molecule has 0 atom stereocenters. The second-order valence-corrected chi connectivity index (χ2v) is 8.16. The molecule has 2 rings (SSSR count). The van der Waals surface area contributed by atoms with Gasteiger partial charge in [-0.3, -0.25) is 0 Å². The van der Waals surface area contributed by atoms with Crippen LogP contribution in [0.1, 0.15) is 43.6 Å². The van der Waals surface area contributed by atoms with Crippen LogP contribution in [0, 0.1) is 0 Å². The number of hydrogen-bond donors (Lipinski definition) is 1. The van der Waals surface area contributed by atoms with Crippen molar-refractivity contribution in [1.29, 1.82) is 0 Å². The molecule has 1 aliphatic rings. The molecule has 3 nitrogen and oxygen atoms in total. The van der Waals surface area contributed by atoms with Crippen LogP contribution in [-0.4, -0.2) is 33.0 Å². The van der Waals surface area contributed by atoms with E-state index in [1.807, 2.05) is 0 Å². The number of hydrogen-bond acceptors (Lipinski definition) is 3. The molecule has 112 valence electrons. The van der Waals surface area contributed by atoms with Crippen molar-refractivity contribution in [2.45, 2.75) is 44.1 Å². The van der Waals surface area contributed by atoms with Crippen molar-refractivity contribution in [2.24, 2.45) is 0 Å². The van der Waals surface area contributed by atoms with Gasteiger partial charge in [0, 0.05) is 12.3 Å². The smallest absolute Gasteiger partial charge is 0.147 e. The van der Waals surface area contributed by atoms with Gasteiger partial charge in [-0.2, -0.15) is 0 Å². The summed E-state index contributed by atoms with van der Waals surface area (Å²) in [5.41, 5.74) is 1.46. The molecular weight excluding hydrogens is 270 g/mol. The average molecular weight is 295 g/mol. The largest absolute Gasteiger partial charge is 0.314 e. The molecule has 1 aliphatic carbocycles. The molecular formula is C16H25NO2S. The molecule has 0 heterocycles. The van der Waals surface area contributed by atoms with Gasteiger partial charge >= 0.3 is 0 Å². The van der Waals surface area contributed by atoms with Crippen molar-refractivity contribution in [3.8, 4) is 0 Å². The van der Waals surface area contributed by atoms with E-state index in [4.69, 9.17) is 0 Å². The fourth-order valence-corrected chi connectivity index (χ4v) is 3.67. The van der Waals surface area contributed by atoms with Crippen LogP contribution < -0.4 is 5.32 Å². The van der Waals surface area contributed by atoms with Crippen LogP contribution in [0.15, 0.2) is 30.3 Å². The van der Waals surface area contributed by atoms with E-state index in [1.54, 1.807) is 0 Å². The van der Waals surface area contributed by atoms with E-state index in [2.05, 4.69) is 35.6 Å². The van der Waals surface area contributed by atoms with Crippen LogP contribution in [-0.2, 0) is 9.84 Å². The molecule has 0 aromatic heterocycles. The zero-order valence-electron chi connectivity index (χ0n) is 12.2. The fraction of sp³-hybridized carbons (Fsp3) is 0.625. The van der Waals surface area contributed by atoms with Crippen molar-refractivity contribution in [2.75, 3.05) is 18.6 Å². The summed E-state index contributed by atoms with van der Waals surface area (Å²) in [6, 6.07) is 11.3. The van der Waals surface area contributed by atoms with E-state index >= 15 is 0 Å². The molecule has 4 heteroatoms. The molecule has 20 heavy (non-hydrogen) atoms. The van der Waals surface area contributed by atoms with E-state index in [0.29, 0.717) is 17.7 Å². The Morgan fingerprint density at radius 3 is 2.35 bits per heavy atom. The Balaban J connectivity index is 1.67. The highest BCUT2D eigenvalue weighted by Gasteiger charge is 2.21. The summed E-state index contributed by atoms with van der Waals surface area (Å²) in [5, 5.41) is 3.50. The maximum atomic E-state index is 11.1. The molecule has 1 N–H and O–H groups in total. The summed E-state index contributed by atoms with van der Waals surface area (Å²) < 4.78 is 22.1. The normalized spacial score (nSPS) is 23.6. The Bertz CT molecular complexity index is 490. The number of sulfone groups is 1. The number of rotatable bonds is 6. The van der Waals surface area contributed by atoms with Gasteiger partial charge < -0.3 is 5.32 Å². The molecule has 0 aliphatic heterocycles. The number of nitrogens with one attached hydrogen (secondary N) is 1. The molecule has 0 spiro atoms. The second kappa shape index (κ2) is 7.23. The molecule has 0 unspecified atom stereocenters. The van der Waals surface area contributed by atoms with Crippen LogP contribution in [0.25, 0.3) is 0 Å². The first-order valence-corrected chi connectivity index (χ1v) is 9.57. The van der Waals surface area contributed by atoms with Gasteiger partial charge in [0.15, 0.2) is 0 Å². The summed E-state index contributed by atoms with van der Waals surface area (Å²) in [6.45, 7) is 0.813. The Labute approximate surface area is 122 Å². The van der Waals surface area contributed by atoms with Crippen molar-refractivity contribution in [3.05, 3.63) is 35.9 Å². The van der Waals surface area contributed by atoms with E-state index in [9.17, 15) is 8.42 Å². The van der Waals surface area contributed by atoms with E-state index in [-0.39, 0.29) is 0 Å². The van der Waals surface area contributed by atoms with E-state index in [1.165, 1.54) is 37.5 Å². The van der Waals surface area contributed by atoms with Gasteiger partial charge in [-0.25, -0.2) is 8.42 Å². The molecule has 0 saturated heterocycles. The quantitative estimate of drug-likeness (QED) is 0.821. The Morgan fingerprint density at radius 2 is 1.75 bits per heavy atom. The second-order valence-electron chi connectivity index (χ2n) is 5.90. The minimum absolute atomic E-state index is 0.291. The minimum Gasteiger partial charge on any atom is -0.314 e. The highest BCUT2D eigenvalue weighted by atomic mass is 32.2. The van der Waals surface area contributed by atoms with E-state index < -0.39 is 9.84 Å². The summed E-state index contributed by atoms with van der Waals surface area (Å²) in [7, 11) is -2.81. The third-order valence-corrected chi connectivity index (χ3v) is 5.15. The lowest BCUT2D eigenvalue weighted by atomic mass is 9.82. The molecule has 0 radical (unpaired) electrons. The lowest BCUT2D eigenvalue weighted by Gasteiger charge is -2.29. The number of benzene rings is 1. The lowest BCUT2D eigenvalue weighted by Crippen LogP contribution is -2.34. The predicted octanol–water partition coefficient (Wildman–Crippen LogP) is 2.74. The lowest BCUT2D eigenvalue weighted by molar-refractivity contribution is 0.343. The molecule has 1 aromatic rings. The monoisotopic (exact) mass is 295 g/mol. The van der Waals surface area contributed by atoms with Gasteiger partial charge in [-0.05, 0) is 50.1 Å². The topological polar surface area (TPSA) is 46.2 Å². The third-order valence-electron chi connectivity index (χ3n) is 4.12. The van der Waals surface area contributed by atoms with Crippen molar-refractivity contribution in [1.82, 2.24) is 5.32 Å². The molecule has 1 aromatic carbocycles. The van der Waals surface area contributed by atoms with Crippen molar-refractivity contribution in [3.63, 3.8) is 0 Å². The Morgan fingerprint density at radius 1 is 1.10 bits per heavy atom. The van der Waals surface area contributed by atoms with Crippen LogP contribution in [0.3, 0.4) is 0 Å². The predicted molar refractivity (Wildman–Crippen MR) is 83.8 cm³/mol. The summed E-state index contributed by atoms with van der Waals surface area (Å²) >= 11 is 0. The summed E-state index contributed by atoms with van der Waals surface area (Å²) in [6.07, 6.45) is 6.87. The summed E-state index contributed by atoms with van der Waals surface area (Å²) in [4.78, 5) is 0. The molecule has 1 fully saturated rings. The SMILES string of the molecule is CS(=O)(=O)CCCNC1CCC(c2ccccc2)CC1. The van der Waals surface area contributed by atoms with E-state index in [0.717, 1.165) is 13.0 Å². The standard InChI is InChI=1S/C16H25NO2S/c1-20(18,19)13-5-12-17-16-10-8-15(9-11-16)14-6-3-2-4-7-14/h2-4,6-7,15-17H,5,8-13H2,1H3. The first kappa shape index (κ1) is 15.5. The zero-order valence-corrected chi connectivity index (χ0v) is 13.0. The first-order valence-electron chi connectivity index (χ1n) is 7.50. The van der Waals surface area contributed by atoms with Crippen LogP contribution in [0.5, 0.6) is 0 Å². The maximum Gasteiger partial charge on any atom is 0.147 e. The van der Waals surface area contributed by atoms with Gasteiger partial charge in [0.05, 0.1) is 5.75 Å². The van der Waals surface area contributed by atoms with Gasteiger partial charge in [-0.1, -0.05) is 30.3 Å². The van der Waals surface area contributed by atoms with Gasteiger partial charge in [-0.15, -0.1) is 0 Å². The zero-order chi connectivity index (χ0) is 14.4. The molecule has 0 amide bonds. The minimum atomic E-state index is -2.81. The summed E-state index contributed by atoms with van der Waals surface area (Å²) in [5.74, 6) is 0.990. The maximum absolute atomic E-state index is 11.1. The highest BCUT2D eigenvalue weighted by molar-refractivity contribution is 7.90. The molecule has 0 bridgehead atoms. The van der Waals surface area contributed by atoms with Crippen LogP contribution >= 0.6 is 0 Å². The Hall–Kier alpha value is -0.870. The fourth-order valence-electron chi connectivity index (χ4n) is 3.00.